The molecule has 1 heterocycles. The number of hydrogen-bond acceptors (Lipinski definition) is 4. The normalized spacial score (nSPS) is 11.5. The molecule has 0 spiro atoms. The first-order valence-electron chi connectivity index (χ1n) is 6.32. The zero-order valence-electron chi connectivity index (χ0n) is 11.5. The summed E-state index contributed by atoms with van der Waals surface area (Å²) in [6, 6.07) is 6.68. The molecule has 0 fully saturated rings. The second-order valence-corrected chi connectivity index (χ2v) is 6.17. The van der Waals surface area contributed by atoms with Gasteiger partial charge in [0.25, 0.3) is 0 Å². The predicted molar refractivity (Wildman–Crippen MR) is 77.8 cm³/mol. The lowest BCUT2D eigenvalue weighted by molar-refractivity contribution is 0.581. The minimum Gasteiger partial charge on any atom is -0.385 e. The van der Waals surface area contributed by atoms with Crippen LogP contribution in [0.5, 0.6) is 0 Å². The number of rotatable bonds is 6. The summed E-state index contributed by atoms with van der Waals surface area (Å²) in [5.74, 6) is 0. The molecule has 20 heavy (non-hydrogen) atoms. The molecule has 7 heteroatoms. The Hall–Kier alpha value is -1.86. The summed E-state index contributed by atoms with van der Waals surface area (Å²) in [5.41, 5.74) is 1.72. The molecule has 1 aromatic heterocycles. The van der Waals surface area contributed by atoms with E-state index in [2.05, 4.69) is 15.1 Å². The molecule has 0 saturated heterocycles. The molecule has 0 atom stereocenters. The van der Waals surface area contributed by atoms with Crippen LogP contribution in [0, 0.1) is 0 Å². The van der Waals surface area contributed by atoms with Crippen LogP contribution in [0.3, 0.4) is 0 Å². The zero-order valence-corrected chi connectivity index (χ0v) is 12.3. The molecular weight excluding hydrogens is 276 g/mol. The number of anilines is 1. The number of aromatic nitrogens is 2. The van der Waals surface area contributed by atoms with Crippen molar-refractivity contribution >= 4 is 15.7 Å². The minimum absolute atomic E-state index is 0.227. The van der Waals surface area contributed by atoms with Gasteiger partial charge in [-0.3, -0.25) is 4.68 Å². The summed E-state index contributed by atoms with van der Waals surface area (Å²) < 4.78 is 28.4. The van der Waals surface area contributed by atoms with Crippen molar-refractivity contribution in [3.63, 3.8) is 0 Å². The van der Waals surface area contributed by atoms with Crippen LogP contribution in [-0.2, 0) is 23.6 Å². The van der Waals surface area contributed by atoms with Crippen LogP contribution in [0.2, 0.25) is 0 Å². The Morgan fingerprint density at radius 2 is 1.95 bits per heavy atom. The van der Waals surface area contributed by atoms with E-state index in [4.69, 9.17) is 0 Å². The monoisotopic (exact) mass is 294 g/mol. The van der Waals surface area contributed by atoms with Crippen molar-refractivity contribution in [3.05, 3.63) is 42.2 Å². The van der Waals surface area contributed by atoms with Gasteiger partial charge < -0.3 is 5.32 Å². The molecule has 1 aromatic carbocycles. The van der Waals surface area contributed by atoms with E-state index in [1.54, 1.807) is 48.4 Å². The second-order valence-electron chi connectivity index (χ2n) is 4.40. The highest BCUT2D eigenvalue weighted by Crippen LogP contribution is 2.14. The Balaban J connectivity index is 2.05. The third-order valence-corrected chi connectivity index (χ3v) is 4.19. The summed E-state index contributed by atoms with van der Waals surface area (Å²) in [6.45, 7) is 3.01. The van der Waals surface area contributed by atoms with E-state index in [0.717, 1.165) is 17.8 Å². The highest BCUT2D eigenvalue weighted by Gasteiger charge is 2.13. The van der Waals surface area contributed by atoms with Gasteiger partial charge in [0, 0.05) is 37.6 Å². The van der Waals surface area contributed by atoms with Crippen LogP contribution in [0.1, 0.15) is 12.5 Å². The quantitative estimate of drug-likeness (QED) is 0.843. The lowest BCUT2D eigenvalue weighted by atomic mass is 10.3. The number of benzene rings is 1. The molecule has 0 aliphatic carbocycles. The molecule has 0 amide bonds. The average Bonchev–Trinajstić information content (AvgIpc) is 2.84. The van der Waals surface area contributed by atoms with Gasteiger partial charge in [-0.15, -0.1) is 0 Å². The molecule has 0 radical (unpaired) electrons. The summed E-state index contributed by atoms with van der Waals surface area (Å²) in [6.07, 6.45) is 3.41. The number of hydrogen-bond donors (Lipinski definition) is 2. The van der Waals surface area contributed by atoms with E-state index < -0.39 is 10.0 Å². The van der Waals surface area contributed by atoms with Crippen LogP contribution in [0.15, 0.2) is 41.6 Å². The van der Waals surface area contributed by atoms with E-state index in [1.165, 1.54) is 0 Å². The fraction of sp³-hybridized carbons (Fsp3) is 0.308. The van der Waals surface area contributed by atoms with Crippen LogP contribution in [-0.4, -0.2) is 24.7 Å². The summed E-state index contributed by atoms with van der Waals surface area (Å²) >= 11 is 0. The maximum atomic E-state index is 12.1. The van der Waals surface area contributed by atoms with Gasteiger partial charge in [0.05, 0.1) is 11.1 Å². The van der Waals surface area contributed by atoms with Crippen molar-refractivity contribution in [1.82, 2.24) is 14.5 Å². The Bertz CT molecular complexity index is 662. The van der Waals surface area contributed by atoms with E-state index in [1.807, 2.05) is 6.92 Å². The summed E-state index contributed by atoms with van der Waals surface area (Å²) in [5, 5.41) is 7.12. The SMILES string of the molecule is CCNc1ccc(S(=O)(=O)NCc2cnn(C)c2)cc1. The predicted octanol–water partition coefficient (Wildman–Crippen LogP) is 1.33. The fourth-order valence-corrected chi connectivity index (χ4v) is 2.80. The van der Waals surface area contributed by atoms with E-state index >= 15 is 0 Å². The maximum Gasteiger partial charge on any atom is 0.240 e. The Labute approximate surface area is 118 Å². The minimum atomic E-state index is -3.50. The molecule has 2 N–H and O–H groups in total. The first kappa shape index (κ1) is 14.5. The van der Waals surface area contributed by atoms with Crippen molar-refractivity contribution in [2.75, 3.05) is 11.9 Å². The van der Waals surface area contributed by atoms with Crippen molar-refractivity contribution in [2.45, 2.75) is 18.4 Å². The van der Waals surface area contributed by atoms with E-state index in [9.17, 15) is 8.42 Å². The average molecular weight is 294 g/mol. The molecule has 0 bridgehead atoms. The molecule has 0 aliphatic heterocycles. The van der Waals surface area contributed by atoms with Crippen LogP contribution in [0.25, 0.3) is 0 Å². The topological polar surface area (TPSA) is 76.0 Å². The molecular formula is C13H18N4O2S. The van der Waals surface area contributed by atoms with Gasteiger partial charge in [-0.05, 0) is 31.2 Å². The third-order valence-electron chi connectivity index (χ3n) is 2.77. The van der Waals surface area contributed by atoms with E-state index in [-0.39, 0.29) is 11.4 Å². The Morgan fingerprint density at radius 1 is 1.25 bits per heavy atom. The zero-order chi connectivity index (χ0) is 14.6. The third kappa shape index (κ3) is 3.58. The number of nitrogens with one attached hydrogen (secondary N) is 2. The van der Waals surface area contributed by atoms with Gasteiger partial charge in [0.2, 0.25) is 10.0 Å². The number of nitrogens with zero attached hydrogens (tertiary/aromatic N) is 2. The van der Waals surface area contributed by atoms with Gasteiger partial charge in [-0.2, -0.15) is 5.10 Å². The number of sulfonamides is 1. The molecule has 2 aromatic rings. The van der Waals surface area contributed by atoms with E-state index in [0.29, 0.717) is 0 Å². The number of aryl methyl sites for hydroxylation is 1. The summed E-state index contributed by atoms with van der Waals surface area (Å²) in [7, 11) is -1.71. The van der Waals surface area contributed by atoms with Crippen LogP contribution in [0.4, 0.5) is 5.69 Å². The molecule has 0 saturated carbocycles. The first-order chi connectivity index (χ1) is 9.51. The van der Waals surface area contributed by atoms with Crippen molar-refractivity contribution in [2.24, 2.45) is 7.05 Å². The first-order valence-corrected chi connectivity index (χ1v) is 7.80. The van der Waals surface area contributed by atoms with Crippen molar-refractivity contribution < 1.29 is 8.42 Å². The molecule has 0 aliphatic rings. The van der Waals surface area contributed by atoms with Gasteiger partial charge in [-0.25, -0.2) is 13.1 Å². The smallest absolute Gasteiger partial charge is 0.240 e. The maximum absolute atomic E-state index is 12.1. The molecule has 0 unspecified atom stereocenters. The largest absolute Gasteiger partial charge is 0.385 e. The lowest BCUT2D eigenvalue weighted by Crippen LogP contribution is -2.23. The van der Waals surface area contributed by atoms with Crippen molar-refractivity contribution in [1.29, 1.82) is 0 Å². The molecule has 6 nitrogen and oxygen atoms in total. The highest BCUT2D eigenvalue weighted by molar-refractivity contribution is 7.89. The lowest BCUT2D eigenvalue weighted by Gasteiger charge is -2.07. The van der Waals surface area contributed by atoms with Gasteiger partial charge >= 0.3 is 0 Å². The highest BCUT2D eigenvalue weighted by atomic mass is 32.2. The fourth-order valence-electron chi connectivity index (χ4n) is 1.78. The van der Waals surface area contributed by atoms with Crippen LogP contribution < -0.4 is 10.0 Å². The summed E-state index contributed by atoms with van der Waals surface area (Å²) in [4.78, 5) is 0.253. The van der Waals surface area contributed by atoms with Gasteiger partial charge in [0.15, 0.2) is 0 Å². The second kappa shape index (κ2) is 6.06. The van der Waals surface area contributed by atoms with Gasteiger partial charge in [0.1, 0.15) is 0 Å². The standard InChI is InChI=1S/C13H18N4O2S/c1-3-14-12-4-6-13(7-5-12)20(18,19)16-9-11-8-15-17(2)10-11/h4-8,10,14,16H,3,9H2,1-2H3. The van der Waals surface area contributed by atoms with Gasteiger partial charge in [-0.1, -0.05) is 0 Å². The van der Waals surface area contributed by atoms with Crippen LogP contribution >= 0.6 is 0 Å². The molecule has 2 rings (SSSR count). The Morgan fingerprint density at radius 3 is 2.50 bits per heavy atom. The van der Waals surface area contributed by atoms with Crippen molar-refractivity contribution in [3.8, 4) is 0 Å². The molecule has 108 valence electrons. The Kier molecular flexibility index (Phi) is 4.41.